The predicted octanol–water partition coefficient (Wildman–Crippen LogP) is 6.15. The number of fused-ring (bicyclic) bond motifs is 7. The number of carbonyl (C=O) groups excluding carboxylic acids is 1. The van der Waals surface area contributed by atoms with Gasteiger partial charge >= 0.3 is 0 Å². The predicted molar refractivity (Wildman–Crippen MR) is 136 cm³/mol. The van der Waals surface area contributed by atoms with Crippen LogP contribution in [-0.4, -0.2) is 29.3 Å². The van der Waals surface area contributed by atoms with Crippen LogP contribution in [0.1, 0.15) is 99.3 Å². The Kier molecular flexibility index (Phi) is 6.02. The minimum absolute atomic E-state index is 0.0546. The molecule has 1 heterocycles. The molecule has 34 heavy (non-hydrogen) atoms. The highest BCUT2D eigenvalue weighted by molar-refractivity contribution is 5.72. The maximum Gasteiger partial charge on any atom is 0.216 e. The van der Waals surface area contributed by atoms with Gasteiger partial charge < -0.3 is 15.2 Å². The first-order valence-corrected chi connectivity index (χ1v) is 14.0. The van der Waals surface area contributed by atoms with Crippen LogP contribution >= 0.6 is 0 Å². The van der Waals surface area contributed by atoms with Crippen LogP contribution in [0.25, 0.3) is 0 Å². The van der Waals surface area contributed by atoms with Gasteiger partial charge in [-0.15, -0.1) is 0 Å². The van der Waals surface area contributed by atoms with Crippen molar-refractivity contribution in [3.8, 4) is 0 Å². The zero-order valence-electron chi connectivity index (χ0n) is 22.4. The molecule has 4 nitrogen and oxygen atoms in total. The van der Waals surface area contributed by atoms with Crippen LogP contribution in [0.5, 0.6) is 0 Å². The summed E-state index contributed by atoms with van der Waals surface area (Å²) in [6, 6.07) is 0. The van der Waals surface area contributed by atoms with Crippen LogP contribution in [0.15, 0.2) is 23.0 Å². The second-order valence-corrected chi connectivity index (χ2v) is 13.4. The zero-order chi connectivity index (χ0) is 24.5. The van der Waals surface area contributed by atoms with Crippen LogP contribution in [0.2, 0.25) is 0 Å². The lowest BCUT2D eigenvalue weighted by atomic mass is 9.47. The van der Waals surface area contributed by atoms with Gasteiger partial charge in [-0.1, -0.05) is 32.4 Å². The lowest BCUT2D eigenvalue weighted by Gasteiger charge is -2.57. The van der Waals surface area contributed by atoms with E-state index in [1.807, 2.05) is 0 Å². The number of nitrogens with one attached hydrogen (secondary N) is 1. The Hall–Kier alpha value is -1.29. The normalized spacial score (nSPS) is 46.0. The Labute approximate surface area is 207 Å². The lowest BCUT2D eigenvalue weighted by Crippen LogP contribution is -2.50. The molecule has 0 unspecified atom stereocenters. The molecule has 190 valence electrons. The second-order valence-electron chi connectivity index (χ2n) is 13.4. The number of amides is 1. The fourth-order valence-corrected chi connectivity index (χ4v) is 9.61. The summed E-state index contributed by atoms with van der Waals surface area (Å²) < 4.78 is 6.89. The number of allylic oxidation sites excluding steroid dienone is 2. The fraction of sp³-hybridized carbons (Fsp3) is 0.833. The Balaban J connectivity index is 1.34. The molecule has 1 amide bonds. The summed E-state index contributed by atoms with van der Waals surface area (Å²) in [4.78, 5) is 11.3. The smallest absolute Gasteiger partial charge is 0.216 e. The van der Waals surface area contributed by atoms with E-state index in [9.17, 15) is 9.90 Å². The molecule has 0 spiro atoms. The van der Waals surface area contributed by atoms with Crippen LogP contribution < -0.4 is 5.32 Å². The van der Waals surface area contributed by atoms with Gasteiger partial charge in [-0.05, 0) is 105 Å². The van der Waals surface area contributed by atoms with E-state index in [-0.39, 0.29) is 17.6 Å². The van der Waals surface area contributed by atoms with Crippen LogP contribution in [0.4, 0.5) is 0 Å². The highest BCUT2D eigenvalue weighted by atomic mass is 16.5. The quantitative estimate of drug-likeness (QED) is 0.475. The largest absolute Gasteiger partial charge is 0.491 e. The molecule has 0 aromatic rings. The summed E-state index contributed by atoms with van der Waals surface area (Å²) in [6.45, 7) is 14.4. The second kappa shape index (κ2) is 8.39. The SMILES string of the molecule is CC(=O)NC[C@H](C)CCC1=C(C)[C@H]2[C@@]3(C)CC[C@@H]4[C@H](CC=C5C[C@@H](O)CC[C@@]54C)[C@@H]3C[C@]2(C)O1. The van der Waals surface area contributed by atoms with Gasteiger partial charge in [-0.25, -0.2) is 0 Å². The molecule has 0 radical (unpaired) electrons. The standard InChI is InChI=1S/C30H47NO3/c1-18(17-31-20(3)32)7-10-26-19(2)27-29(5)14-12-24-23(25(29)16-30(27,6)34-26)9-8-21-15-22(33)11-13-28(21,24)4/h8,18,22-25,27,33H,7,9-17H2,1-6H3,(H,31,32)/t18-,22+,23+,24-,25+,27+,28+,29+,30+/m1/s1. The molecule has 5 aliphatic rings. The van der Waals surface area contributed by atoms with E-state index in [1.54, 1.807) is 12.5 Å². The Morgan fingerprint density at radius 2 is 2.00 bits per heavy atom. The van der Waals surface area contributed by atoms with Crippen molar-refractivity contribution in [3.63, 3.8) is 0 Å². The molecule has 1 aliphatic heterocycles. The van der Waals surface area contributed by atoms with Crippen molar-refractivity contribution in [2.75, 3.05) is 6.54 Å². The monoisotopic (exact) mass is 469 g/mol. The van der Waals surface area contributed by atoms with Crippen molar-refractivity contribution in [2.45, 2.75) is 111 Å². The summed E-state index contributed by atoms with van der Waals surface area (Å²) >= 11 is 0. The molecule has 0 aromatic carbocycles. The minimum Gasteiger partial charge on any atom is -0.491 e. The first kappa shape index (κ1) is 24.4. The molecule has 4 aliphatic carbocycles. The summed E-state index contributed by atoms with van der Waals surface area (Å²) in [5.41, 5.74) is 3.62. The third kappa shape index (κ3) is 3.69. The molecule has 0 bridgehead atoms. The van der Waals surface area contributed by atoms with Crippen molar-refractivity contribution >= 4 is 5.91 Å². The van der Waals surface area contributed by atoms with Crippen molar-refractivity contribution in [3.05, 3.63) is 23.0 Å². The number of carbonyl (C=O) groups is 1. The topological polar surface area (TPSA) is 58.6 Å². The van der Waals surface area contributed by atoms with Gasteiger partial charge in [0.1, 0.15) is 5.60 Å². The summed E-state index contributed by atoms with van der Waals surface area (Å²) in [6.07, 6.45) is 12.5. The van der Waals surface area contributed by atoms with Gasteiger partial charge in [0, 0.05) is 25.8 Å². The van der Waals surface area contributed by atoms with E-state index in [4.69, 9.17) is 4.74 Å². The van der Waals surface area contributed by atoms with Gasteiger partial charge in [0.05, 0.1) is 11.9 Å². The van der Waals surface area contributed by atoms with Crippen molar-refractivity contribution < 1.29 is 14.6 Å². The number of aliphatic hydroxyl groups excluding tert-OH is 1. The van der Waals surface area contributed by atoms with Crippen molar-refractivity contribution in [2.24, 2.45) is 40.4 Å². The van der Waals surface area contributed by atoms with Crippen LogP contribution in [-0.2, 0) is 9.53 Å². The Morgan fingerprint density at radius 1 is 1.24 bits per heavy atom. The summed E-state index contributed by atoms with van der Waals surface area (Å²) in [5, 5.41) is 13.3. The van der Waals surface area contributed by atoms with E-state index < -0.39 is 0 Å². The Morgan fingerprint density at radius 3 is 2.74 bits per heavy atom. The number of hydrogen-bond acceptors (Lipinski definition) is 3. The van der Waals surface area contributed by atoms with E-state index in [0.717, 1.165) is 56.4 Å². The van der Waals surface area contributed by atoms with Crippen LogP contribution in [0.3, 0.4) is 0 Å². The molecule has 9 atom stereocenters. The molecule has 2 N–H and O–H groups in total. The first-order valence-electron chi connectivity index (χ1n) is 14.0. The maximum absolute atomic E-state index is 11.3. The van der Waals surface area contributed by atoms with Crippen molar-refractivity contribution in [1.82, 2.24) is 5.32 Å². The molecule has 3 saturated carbocycles. The number of hydrogen-bond donors (Lipinski definition) is 2. The van der Waals surface area contributed by atoms with E-state index in [0.29, 0.717) is 22.7 Å². The third-order valence-electron chi connectivity index (χ3n) is 11.2. The number of rotatable bonds is 5. The summed E-state index contributed by atoms with van der Waals surface area (Å²) in [5.74, 6) is 4.51. The van der Waals surface area contributed by atoms with Gasteiger partial charge in [0.2, 0.25) is 5.91 Å². The highest BCUT2D eigenvalue weighted by Crippen LogP contribution is 2.71. The summed E-state index contributed by atoms with van der Waals surface area (Å²) in [7, 11) is 0. The lowest BCUT2D eigenvalue weighted by molar-refractivity contribution is -0.119. The maximum atomic E-state index is 11.3. The van der Waals surface area contributed by atoms with Crippen LogP contribution in [0, 0.1) is 40.4 Å². The molecular weight excluding hydrogens is 422 g/mol. The van der Waals surface area contributed by atoms with E-state index >= 15 is 0 Å². The van der Waals surface area contributed by atoms with Gasteiger partial charge in [0.15, 0.2) is 0 Å². The number of ether oxygens (including phenoxy) is 1. The van der Waals surface area contributed by atoms with E-state index in [2.05, 4.69) is 46.0 Å². The van der Waals surface area contributed by atoms with Gasteiger partial charge in [0.25, 0.3) is 0 Å². The third-order valence-corrected chi connectivity index (χ3v) is 11.2. The average Bonchev–Trinajstić information content (AvgIpc) is 3.17. The zero-order valence-corrected chi connectivity index (χ0v) is 22.4. The molecule has 0 aromatic heterocycles. The minimum atomic E-state index is -0.130. The fourth-order valence-electron chi connectivity index (χ4n) is 9.61. The number of aliphatic hydroxyl groups is 1. The van der Waals surface area contributed by atoms with Gasteiger partial charge in [-0.3, -0.25) is 4.79 Å². The molecular formula is C30H47NO3. The molecule has 0 saturated heterocycles. The Bertz CT molecular complexity index is 907. The average molecular weight is 470 g/mol. The van der Waals surface area contributed by atoms with E-state index in [1.165, 1.54) is 37.0 Å². The molecule has 5 rings (SSSR count). The van der Waals surface area contributed by atoms with Crippen molar-refractivity contribution in [1.29, 1.82) is 0 Å². The highest BCUT2D eigenvalue weighted by Gasteiger charge is 2.67. The molecule has 4 heteroatoms. The van der Waals surface area contributed by atoms with Gasteiger partial charge in [-0.2, -0.15) is 0 Å². The first-order chi connectivity index (χ1) is 16.0. The molecule has 3 fully saturated rings.